The number of hydrogen-bond donors (Lipinski definition) is 1. The van der Waals surface area contributed by atoms with E-state index in [0.717, 1.165) is 19.3 Å². The van der Waals surface area contributed by atoms with E-state index in [4.69, 9.17) is 0 Å². The van der Waals surface area contributed by atoms with E-state index in [1.54, 1.807) is 0 Å². The minimum atomic E-state index is 0.204. The van der Waals surface area contributed by atoms with Crippen LogP contribution in [0.15, 0.2) is 12.2 Å². The minimum absolute atomic E-state index is 0.204. The zero-order chi connectivity index (χ0) is 9.68. The first kappa shape index (κ1) is 10.3. The van der Waals surface area contributed by atoms with Gasteiger partial charge in [-0.2, -0.15) is 0 Å². The fourth-order valence-corrected chi connectivity index (χ4v) is 1.58. The van der Waals surface area contributed by atoms with Crippen LogP contribution in [0.2, 0.25) is 0 Å². The molecule has 2 heteroatoms. The fraction of sp³-hybridized carbons (Fsp3) is 0.727. The summed E-state index contributed by atoms with van der Waals surface area (Å²) in [6, 6.07) is 0.385. The lowest BCUT2D eigenvalue weighted by Gasteiger charge is -2.19. The van der Waals surface area contributed by atoms with Crippen molar-refractivity contribution in [3.63, 3.8) is 0 Å². The predicted octanol–water partition coefficient (Wildman–Crippen LogP) is 2.26. The van der Waals surface area contributed by atoms with Crippen LogP contribution in [0.5, 0.6) is 0 Å². The smallest absolute Gasteiger partial charge is 0.220 e. The number of hydrogen-bond acceptors (Lipinski definition) is 1. The molecule has 0 fully saturated rings. The third kappa shape index (κ3) is 4.11. The Kier molecular flexibility index (Phi) is 4.00. The molecule has 1 unspecified atom stereocenters. The summed E-state index contributed by atoms with van der Waals surface area (Å²) in [5, 5.41) is 3.06. The van der Waals surface area contributed by atoms with Crippen molar-refractivity contribution in [1.29, 1.82) is 0 Å². The van der Waals surface area contributed by atoms with Crippen LogP contribution in [0, 0.1) is 5.92 Å². The number of rotatable bonds is 3. The van der Waals surface area contributed by atoms with E-state index in [-0.39, 0.29) is 5.91 Å². The van der Waals surface area contributed by atoms with Crippen molar-refractivity contribution >= 4 is 5.91 Å². The number of allylic oxidation sites excluding steroid dienone is 1. The normalized spacial score (nSPS) is 21.9. The summed E-state index contributed by atoms with van der Waals surface area (Å²) in [5.74, 6) is 0.662. The van der Waals surface area contributed by atoms with Crippen molar-refractivity contribution in [2.75, 3.05) is 0 Å². The Balaban J connectivity index is 2.23. The van der Waals surface area contributed by atoms with Crippen LogP contribution < -0.4 is 5.32 Å². The molecule has 0 aliphatic heterocycles. The van der Waals surface area contributed by atoms with E-state index < -0.39 is 0 Å². The van der Waals surface area contributed by atoms with Gasteiger partial charge in [-0.05, 0) is 25.2 Å². The third-order valence-corrected chi connectivity index (χ3v) is 2.23. The van der Waals surface area contributed by atoms with Gasteiger partial charge in [0.05, 0.1) is 0 Å². The van der Waals surface area contributed by atoms with Gasteiger partial charge < -0.3 is 5.32 Å². The number of nitrogens with one attached hydrogen (secondary N) is 1. The summed E-state index contributed by atoms with van der Waals surface area (Å²) in [6.45, 7) is 4.14. The van der Waals surface area contributed by atoms with E-state index >= 15 is 0 Å². The third-order valence-electron chi connectivity index (χ3n) is 2.23. The van der Waals surface area contributed by atoms with Crippen molar-refractivity contribution in [2.24, 2.45) is 5.92 Å². The average molecular weight is 181 g/mol. The van der Waals surface area contributed by atoms with Gasteiger partial charge in [0.1, 0.15) is 0 Å². The average Bonchev–Trinajstić information content (AvgIpc) is 2.04. The van der Waals surface area contributed by atoms with Crippen molar-refractivity contribution in [2.45, 2.75) is 45.6 Å². The number of carbonyl (C=O) groups excluding carboxylic acids is 1. The first-order chi connectivity index (χ1) is 6.18. The maximum absolute atomic E-state index is 11.4. The van der Waals surface area contributed by atoms with E-state index in [1.807, 2.05) is 0 Å². The van der Waals surface area contributed by atoms with Gasteiger partial charge in [0, 0.05) is 12.5 Å². The zero-order valence-electron chi connectivity index (χ0n) is 8.55. The van der Waals surface area contributed by atoms with E-state index in [9.17, 15) is 4.79 Å². The Morgan fingerprint density at radius 3 is 2.85 bits per heavy atom. The van der Waals surface area contributed by atoms with E-state index in [2.05, 4.69) is 31.3 Å². The maximum atomic E-state index is 11.4. The highest BCUT2D eigenvalue weighted by Crippen LogP contribution is 2.11. The molecule has 1 aliphatic rings. The molecule has 1 aliphatic carbocycles. The minimum Gasteiger partial charge on any atom is -0.353 e. The second kappa shape index (κ2) is 5.05. The highest BCUT2D eigenvalue weighted by atomic mass is 16.1. The number of carbonyl (C=O) groups is 1. The van der Waals surface area contributed by atoms with Crippen molar-refractivity contribution in [1.82, 2.24) is 5.32 Å². The van der Waals surface area contributed by atoms with Gasteiger partial charge >= 0.3 is 0 Å². The maximum Gasteiger partial charge on any atom is 0.220 e. The molecule has 1 amide bonds. The molecule has 0 aromatic carbocycles. The predicted molar refractivity (Wildman–Crippen MR) is 54.4 cm³/mol. The van der Waals surface area contributed by atoms with E-state index in [0.29, 0.717) is 18.4 Å². The Morgan fingerprint density at radius 1 is 1.54 bits per heavy atom. The molecule has 74 valence electrons. The summed E-state index contributed by atoms with van der Waals surface area (Å²) < 4.78 is 0. The first-order valence-corrected chi connectivity index (χ1v) is 5.13. The van der Waals surface area contributed by atoms with Crippen LogP contribution in [0.1, 0.15) is 39.5 Å². The van der Waals surface area contributed by atoms with Crippen LogP contribution in [0.3, 0.4) is 0 Å². The summed E-state index contributed by atoms with van der Waals surface area (Å²) >= 11 is 0. The molecule has 1 atom stereocenters. The molecule has 0 radical (unpaired) electrons. The molecule has 0 aromatic rings. The second-order valence-corrected chi connectivity index (χ2v) is 4.15. The van der Waals surface area contributed by atoms with Crippen LogP contribution in [-0.2, 0) is 4.79 Å². The zero-order valence-corrected chi connectivity index (χ0v) is 8.55. The van der Waals surface area contributed by atoms with E-state index in [1.165, 1.54) is 0 Å². The molecule has 2 nitrogen and oxygen atoms in total. The van der Waals surface area contributed by atoms with Crippen LogP contribution in [0.4, 0.5) is 0 Å². The number of amides is 1. The van der Waals surface area contributed by atoms with Crippen LogP contribution in [-0.4, -0.2) is 11.9 Å². The molecule has 0 saturated carbocycles. The summed E-state index contributed by atoms with van der Waals surface area (Å²) in [7, 11) is 0. The second-order valence-electron chi connectivity index (χ2n) is 4.15. The van der Waals surface area contributed by atoms with Crippen molar-refractivity contribution in [3.8, 4) is 0 Å². The van der Waals surface area contributed by atoms with Gasteiger partial charge in [-0.25, -0.2) is 0 Å². The molecule has 13 heavy (non-hydrogen) atoms. The van der Waals surface area contributed by atoms with Gasteiger partial charge in [-0.15, -0.1) is 0 Å². The lowest BCUT2D eigenvalue weighted by Crippen LogP contribution is -2.35. The van der Waals surface area contributed by atoms with Crippen molar-refractivity contribution in [3.05, 3.63) is 12.2 Å². The molecule has 1 N–H and O–H groups in total. The van der Waals surface area contributed by atoms with Gasteiger partial charge in [-0.1, -0.05) is 26.0 Å². The molecule has 0 bridgehead atoms. The molecule has 0 aromatic heterocycles. The largest absolute Gasteiger partial charge is 0.353 e. The summed E-state index contributed by atoms with van der Waals surface area (Å²) in [4.78, 5) is 11.4. The standard InChI is InChI=1S/C11H19NO/c1-9(2)8-11(13)12-10-6-4-3-5-7-10/h3-4,9-10H,5-8H2,1-2H3,(H,12,13). The first-order valence-electron chi connectivity index (χ1n) is 5.13. The van der Waals surface area contributed by atoms with Crippen LogP contribution in [0.25, 0.3) is 0 Å². The molecule has 0 heterocycles. The fourth-order valence-electron chi connectivity index (χ4n) is 1.58. The molecule has 0 saturated heterocycles. The Labute approximate surface area is 80.4 Å². The molecular formula is C11H19NO. The molecular weight excluding hydrogens is 162 g/mol. The quantitative estimate of drug-likeness (QED) is 0.665. The molecule has 0 spiro atoms. The van der Waals surface area contributed by atoms with Gasteiger partial charge in [0.2, 0.25) is 5.91 Å². The van der Waals surface area contributed by atoms with Gasteiger partial charge in [0.15, 0.2) is 0 Å². The van der Waals surface area contributed by atoms with Gasteiger partial charge in [-0.3, -0.25) is 4.79 Å². The Hall–Kier alpha value is -0.790. The Bertz CT molecular complexity index is 196. The van der Waals surface area contributed by atoms with Crippen molar-refractivity contribution < 1.29 is 4.79 Å². The summed E-state index contributed by atoms with van der Waals surface area (Å²) in [6.07, 6.45) is 8.20. The Morgan fingerprint density at radius 2 is 2.31 bits per heavy atom. The highest BCUT2D eigenvalue weighted by Gasteiger charge is 2.13. The highest BCUT2D eigenvalue weighted by molar-refractivity contribution is 5.76. The van der Waals surface area contributed by atoms with Gasteiger partial charge in [0.25, 0.3) is 0 Å². The van der Waals surface area contributed by atoms with Crippen LogP contribution >= 0.6 is 0 Å². The lowest BCUT2D eigenvalue weighted by molar-refractivity contribution is -0.122. The lowest BCUT2D eigenvalue weighted by atomic mass is 10.0. The molecule has 1 rings (SSSR count). The topological polar surface area (TPSA) is 29.1 Å². The summed E-state index contributed by atoms with van der Waals surface area (Å²) in [5.41, 5.74) is 0. The SMILES string of the molecule is CC(C)CC(=O)NC1CC=CCC1. The monoisotopic (exact) mass is 181 g/mol.